The highest BCUT2D eigenvalue weighted by molar-refractivity contribution is 5.45. The van der Waals surface area contributed by atoms with Crippen molar-refractivity contribution in [2.45, 2.75) is 18.9 Å². The van der Waals surface area contributed by atoms with Crippen molar-refractivity contribution in [2.24, 2.45) is 0 Å². The van der Waals surface area contributed by atoms with Gasteiger partial charge in [-0.1, -0.05) is 0 Å². The standard InChI is InChI=1S/C11H14F2N2/c12-8-1-2-11(10(13)7-8)15-9-3-5-14-6-4-9/h1-2,7,9,14-15H,3-6H2. The van der Waals surface area contributed by atoms with E-state index in [1.165, 1.54) is 12.1 Å². The molecule has 1 aromatic carbocycles. The highest BCUT2D eigenvalue weighted by Crippen LogP contribution is 2.18. The summed E-state index contributed by atoms with van der Waals surface area (Å²) in [5.41, 5.74) is 0.392. The molecule has 0 amide bonds. The highest BCUT2D eigenvalue weighted by atomic mass is 19.1. The first-order valence-corrected chi connectivity index (χ1v) is 5.18. The van der Waals surface area contributed by atoms with E-state index in [-0.39, 0.29) is 6.04 Å². The second-order valence-electron chi connectivity index (χ2n) is 3.79. The van der Waals surface area contributed by atoms with E-state index in [9.17, 15) is 8.78 Å². The van der Waals surface area contributed by atoms with E-state index >= 15 is 0 Å². The van der Waals surface area contributed by atoms with Crippen LogP contribution in [0.3, 0.4) is 0 Å². The van der Waals surface area contributed by atoms with Gasteiger partial charge in [0.1, 0.15) is 11.6 Å². The SMILES string of the molecule is Fc1ccc(NC2CCNCC2)c(F)c1. The summed E-state index contributed by atoms with van der Waals surface area (Å²) in [6.45, 7) is 1.89. The average Bonchev–Trinajstić information content (AvgIpc) is 2.24. The van der Waals surface area contributed by atoms with Crippen LogP contribution < -0.4 is 10.6 Å². The lowest BCUT2D eigenvalue weighted by Crippen LogP contribution is -2.35. The van der Waals surface area contributed by atoms with Crippen LogP contribution in [0.2, 0.25) is 0 Å². The smallest absolute Gasteiger partial charge is 0.149 e. The Morgan fingerprint density at radius 3 is 2.60 bits per heavy atom. The van der Waals surface area contributed by atoms with Crippen molar-refractivity contribution in [3.05, 3.63) is 29.8 Å². The Balaban J connectivity index is 2.03. The number of anilines is 1. The molecule has 1 aromatic rings. The van der Waals surface area contributed by atoms with E-state index in [1.54, 1.807) is 0 Å². The van der Waals surface area contributed by atoms with Gasteiger partial charge in [-0.3, -0.25) is 0 Å². The molecule has 1 aliphatic rings. The lowest BCUT2D eigenvalue weighted by molar-refractivity contribution is 0.476. The van der Waals surface area contributed by atoms with Crippen LogP contribution in [-0.4, -0.2) is 19.1 Å². The summed E-state index contributed by atoms with van der Waals surface area (Å²) < 4.78 is 25.9. The van der Waals surface area contributed by atoms with Crippen LogP contribution in [0.25, 0.3) is 0 Å². The Morgan fingerprint density at radius 1 is 1.20 bits per heavy atom. The normalized spacial score (nSPS) is 17.7. The van der Waals surface area contributed by atoms with Gasteiger partial charge in [0.05, 0.1) is 5.69 Å². The van der Waals surface area contributed by atoms with Crippen molar-refractivity contribution in [1.82, 2.24) is 5.32 Å². The van der Waals surface area contributed by atoms with Crippen LogP contribution in [0.5, 0.6) is 0 Å². The molecule has 0 unspecified atom stereocenters. The third-order valence-corrected chi connectivity index (χ3v) is 2.63. The minimum Gasteiger partial charge on any atom is -0.380 e. The van der Waals surface area contributed by atoms with Crippen molar-refractivity contribution >= 4 is 5.69 Å². The monoisotopic (exact) mass is 212 g/mol. The van der Waals surface area contributed by atoms with E-state index in [4.69, 9.17) is 0 Å². The van der Waals surface area contributed by atoms with Gasteiger partial charge in [0, 0.05) is 12.1 Å². The van der Waals surface area contributed by atoms with Gasteiger partial charge in [0.2, 0.25) is 0 Å². The van der Waals surface area contributed by atoms with Crippen molar-refractivity contribution < 1.29 is 8.78 Å². The molecular formula is C11H14F2N2. The van der Waals surface area contributed by atoms with Crippen LogP contribution in [0.1, 0.15) is 12.8 Å². The molecule has 1 aliphatic heterocycles. The third kappa shape index (κ3) is 2.65. The minimum atomic E-state index is -0.539. The van der Waals surface area contributed by atoms with Crippen LogP contribution in [0, 0.1) is 11.6 Å². The molecule has 0 aromatic heterocycles. The summed E-state index contributed by atoms with van der Waals surface area (Å²) in [6.07, 6.45) is 1.94. The Hall–Kier alpha value is -1.16. The Labute approximate surface area is 87.7 Å². The first-order chi connectivity index (χ1) is 7.25. The number of nitrogens with one attached hydrogen (secondary N) is 2. The molecule has 0 bridgehead atoms. The lowest BCUT2D eigenvalue weighted by atomic mass is 10.1. The molecule has 82 valence electrons. The molecule has 2 nitrogen and oxygen atoms in total. The second-order valence-corrected chi connectivity index (χ2v) is 3.79. The molecule has 1 heterocycles. The van der Waals surface area contributed by atoms with Gasteiger partial charge in [0.15, 0.2) is 0 Å². The summed E-state index contributed by atoms with van der Waals surface area (Å²) in [5.74, 6) is -1.06. The zero-order valence-electron chi connectivity index (χ0n) is 8.39. The van der Waals surface area contributed by atoms with E-state index in [1.807, 2.05) is 0 Å². The summed E-state index contributed by atoms with van der Waals surface area (Å²) in [6, 6.07) is 3.91. The summed E-state index contributed by atoms with van der Waals surface area (Å²) >= 11 is 0. The van der Waals surface area contributed by atoms with Crippen LogP contribution in [0.15, 0.2) is 18.2 Å². The molecule has 4 heteroatoms. The van der Waals surface area contributed by atoms with Crippen molar-refractivity contribution in [3.8, 4) is 0 Å². The van der Waals surface area contributed by atoms with Crippen LogP contribution in [0.4, 0.5) is 14.5 Å². The number of benzene rings is 1. The molecule has 15 heavy (non-hydrogen) atoms. The summed E-state index contributed by atoms with van der Waals surface area (Å²) in [7, 11) is 0. The van der Waals surface area contributed by atoms with Crippen LogP contribution >= 0.6 is 0 Å². The quantitative estimate of drug-likeness (QED) is 0.784. The second kappa shape index (κ2) is 4.57. The van der Waals surface area contributed by atoms with Gasteiger partial charge < -0.3 is 10.6 Å². The molecule has 1 fully saturated rings. The maximum atomic E-state index is 13.3. The van der Waals surface area contributed by atoms with E-state index in [0.29, 0.717) is 5.69 Å². The van der Waals surface area contributed by atoms with Gasteiger partial charge in [0.25, 0.3) is 0 Å². The average molecular weight is 212 g/mol. The molecule has 0 radical (unpaired) electrons. The predicted octanol–water partition coefficient (Wildman–Crippen LogP) is 2.13. The topological polar surface area (TPSA) is 24.1 Å². The van der Waals surface area contributed by atoms with Crippen molar-refractivity contribution in [2.75, 3.05) is 18.4 Å². The lowest BCUT2D eigenvalue weighted by Gasteiger charge is -2.24. The van der Waals surface area contributed by atoms with Gasteiger partial charge in [-0.2, -0.15) is 0 Å². The summed E-state index contributed by atoms with van der Waals surface area (Å²) in [4.78, 5) is 0. The number of halogens is 2. The largest absolute Gasteiger partial charge is 0.380 e. The maximum Gasteiger partial charge on any atom is 0.149 e. The Morgan fingerprint density at radius 2 is 1.93 bits per heavy atom. The Bertz CT molecular complexity index is 335. The van der Waals surface area contributed by atoms with E-state index < -0.39 is 11.6 Å². The number of hydrogen-bond acceptors (Lipinski definition) is 2. The third-order valence-electron chi connectivity index (χ3n) is 2.63. The molecule has 2 rings (SSSR count). The molecule has 1 saturated heterocycles. The molecule has 0 spiro atoms. The molecule has 0 atom stereocenters. The zero-order chi connectivity index (χ0) is 10.7. The molecule has 2 N–H and O–H groups in total. The van der Waals surface area contributed by atoms with Gasteiger partial charge in [-0.05, 0) is 38.1 Å². The van der Waals surface area contributed by atoms with Gasteiger partial charge in [-0.25, -0.2) is 8.78 Å². The number of rotatable bonds is 2. The predicted molar refractivity (Wildman–Crippen MR) is 55.9 cm³/mol. The number of piperidine rings is 1. The van der Waals surface area contributed by atoms with Crippen molar-refractivity contribution in [3.63, 3.8) is 0 Å². The van der Waals surface area contributed by atoms with Crippen LogP contribution in [-0.2, 0) is 0 Å². The number of hydrogen-bond donors (Lipinski definition) is 2. The van der Waals surface area contributed by atoms with E-state index in [2.05, 4.69) is 10.6 Å². The fourth-order valence-electron chi connectivity index (χ4n) is 1.79. The van der Waals surface area contributed by atoms with E-state index in [0.717, 1.165) is 32.0 Å². The molecule has 0 aliphatic carbocycles. The Kier molecular flexibility index (Phi) is 3.16. The van der Waals surface area contributed by atoms with Crippen molar-refractivity contribution in [1.29, 1.82) is 0 Å². The minimum absolute atomic E-state index is 0.284. The zero-order valence-corrected chi connectivity index (χ0v) is 8.39. The molecular weight excluding hydrogens is 198 g/mol. The fourth-order valence-corrected chi connectivity index (χ4v) is 1.79. The molecule has 0 saturated carbocycles. The van der Waals surface area contributed by atoms with Gasteiger partial charge in [-0.15, -0.1) is 0 Å². The van der Waals surface area contributed by atoms with Gasteiger partial charge >= 0.3 is 0 Å². The summed E-state index contributed by atoms with van der Waals surface area (Å²) in [5, 5.41) is 6.33. The fraction of sp³-hybridized carbons (Fsp3) is 0.455. The first kappa shape index (κ1) is 10.4. The first-order valence-electron chi connectivity index (χ1n) is 5.18. The highest BCUT2D eigenvalue weighted by Gasteiger charge is 2.14. The maximum absolute atomic E-state index is 13.3.